The van der Waals surface area contributed by atoms with E-state index in [4.69, 9.17) is 0 Å². The maximum Gasteiger partial charge on any atom is 0.246 e. The molecule has 1 N–H and O–H groups in total. The second-order valence-corrected chi connectivity index (χ2v) is 9.86. The Morgan fingerprint density at radius 3 is 2.48 bits per heavy atom. The van der Waals surface area contributed by atoms with Crippen molar-refractivity contribution in [2.75, 3.05) is 6.54 Å². The van der Waals surface area contributed by atoms with Gasteiger partial charge < -0.3 is 14.8 Å². The Balaban J connectivity index is 1.51. The molecule has 0 radical (unpaired) electrons. The highest BCUT2D eigenvalue weighted by atomic mass is 79.9. The van der Waals surface area contributed by atoms with E-state index < -0.39 is 6.04 Å². The number of hydrogen-bond acceptors (Lipinski definition) is 2. The van der Waals surface area contributed by atoms with Crippen molar-refractivity contribution in [3.8, 4) is 0 Å². The van der Waals surface area contributed by atoms with Crippen LogP contribution in [-0.2, 0) is 16.0 Å². The van der Waals surface area contributed by atoms with E-state index >= 15 is 0 Å². The van der Waals surface area contributed by atoms with Crippen molar-refractivity contribution in [2.24, 2.45) is 0 Å². The number of carbonyl (C=O) groups is 2. The van der Waals surface area contributed by atoms with Crippen LogP contribution >= 0.6 is 15.9 Å². The molecule has 3 aliphatic rings. The Hall–Kier alpha value is -2.60. The molecule has 2 amide bonds. The van der Waals surface area contributed by atoms with Crippen LogP contribution in [0.5, 0.6) is 0 Å². The molecule has 1 saturated carbocycles. The van der Waals surface area contributed by atoms with Gasteiger partial charge in [-0.1, -0.05) is 59.1 Å². The molecule has 3 aromatic rings. The summed E-state index contributed by atoms with van der Waals surface area (Å²) in [6.07, 6.45) is 4.89. The number of halogens is 1. The molecule has 5 nitrogen and oxygen atoms in total. The molecule has 2 fully saturated rings. The number of carbonyl (C=O) groups excluding carboxylic acids is 2. The van der Waals surface area contributed by atoms with Crippen LogP contribution in [0.2, 0.25) is 0 Å². The molecule has 1 aliphatic carbocycles. The fourth-order valence-corrected chi connectivity index (χ4v) is 6.07. The highest BCUT2D eigenvalue weighted by molar-refractivity contribution is 9.10. The number of hydrogen-bond donors (Lipinski definition) is 1. The van der Waals surface area contributed by atoms with Gasteiger partial charge >= 0.3 is 0 Å². The van der Waals surface area contributed by atoms with Gasteiger partial charge in [-0.15, -0.1) is 0 Å². The number of fused-ring (bicyclic) bond motifs is 4. The molecule has 2 aliphatic heterocycles. The molecule has 6 rings (SSSR count). The predicted octanol–water partition coefficient (Wildman–Crippen LogP) is 4.56. The number of nitrogens with zero attached hydrogens (tertiary/aromatic N) is 2. The van der Waals surface area contributed by atoms with E-state index in [0.29, 0.717) is 6.42 Å². The van der Waals surface area contributed by atoms with Gasteiger partial charge in [0.2, 0.25) is 11.8 Å². The number of aromatic nitrogens is 1. The summed E-state index contributed by atoms with van der Waals surface area (Å²) >= 11 is 3.52. The summed E-state index contributed by atoms with van der Waals surface area (Å²) in [5.41, 5.74) is 4.28. The number of para-hydroxylation sites is 1. The molecule has 1 aromatic heterocycles. The summed E-state index contributed by atoms with van der Waals surface area (Å²) in [6, 6.07) is 15.8. The third-order valence-electron chi connectivity index (χ3n) is 7.24. The highest BCUT2D eigenvalue weighted by Crippen LogP contribution is 2.43. The van der Waals surface area contributed by atoms with E-state index in [0.717, 1.165) is 52.3 Å². The number of aromatic amines is 1. The molecule has 2 aromatic carbocycles. The average molecular weight is 478 g/mol. The van der Waals surface area contributed by atoms with Gasteiger partial charge in [-0.3, -0.25) is 9.59 Å². The van der Waals surface area contributed by atoms with E-state index in [1.807, 2.05) is 46.2 Å². The lowest BCUT2D eigenvalue weighted by Crippen LogP contribution is -2.64. The number of H-pyrrole nitrogens is 1. The average Bonchev–Trinajstić information content (AvgIpc) is 3.44. The second kappa shape index (κ2) is 7.23. The summed E-state index contributed by atoms with van der Waals surface area (Å²) in [4.78, 5) is 34.6. The number of amides is 2. The van der Waals surface area contributed by atoms with Gasteiger partial charge in [0, 0.05) is 33.5 Å². The standard InChI is InChI=1S/C25H24BrN3O2/c26-16-11-9-15(10-12-16)24-23-19(18-7-3-4-8-20(18)27-23)13-21-25(31)28(14-22(30)29(21)24)17-5-1-2-6-17/h3-4,7-12,17,21,24,27H,1-2,5-6,13-14H2/t21-,24+/m0/s1. The summed E-state index contributed by atoms with van der Waals surface area (Å²) in [7, 11) is 0. The van der Waals surface area contributed by atoms with E-state index in [1.54, 1.807) is 0 Å². The molecule has 1 saturated heterocycles. The molecule has 0 spiro atoms. The molecular weight excluding hydrogens is 454 g/mol. The van der Waals surface area contributed by atoms with E-state index in [2.05, 4.69) is 33.0 Å². The van der Waals surface area contributed by atoms with Gasteiger partial charge in [0.25, 0.3) is 0 Å². The molecule has 0 bridgehead atoms. The first kappa shape index (κ1) is 19.1. The van der Waals surface area contributed by atoms with Crippen LogP contribution in [0, 0.1) is 0 Å². The topological polar surface area (TPSA) is 56.4 Å². The van der Waals surface area contributed by atoms with Gasteiger partial charge in [0.05, 0.1) is 6.04 Å². The minimum absolute atomic E-state index is 0.0497. The molecule has 6 heteroatoms. The van der Waals surface area contributed by atoms with E-state index in [9.17, 15) is 9.59 Å². The number of benzene rings is 2. The Kier molecular flexibility index (Phi) is 4.46. The summed E-state index contributed by atoms with van der Waals surface area (Å²) in [5.74, 6) is 0.165. The first-order valence-corrected chi connectivity index (χ1v) is 11.9. The van der Waals surface area contributed by atoms with Crippen LogP contribution in [0.3, 0.4) is 0 Å². The summed E-state index contributed by atoms with van der Waals surface area (Å²) in [5, 5.41) is 1.15. The third-order valence-corrected chi connectivity index (χ3v) is 7.77. The van der Waals surface area contributed by atoms with Crippen molar-refractivity contribution in [3.05, 3.63) is 69.8 Å². The SMILES string of the molecule is O=C1[C@@H]2Cc3c([nH]c4ccccc34)[C@@H](c3ccc(Br)cc3)N2C(=O)CN1C1CCCC1. The number of piperazine rings is 1. The maximum absolute atomic E-state index is 13.7. The minimum Gasteiger partial charge on any atom is -0.356 e. The van der Waals surface area contributed by atoms with E-state index in [1.165, 1.54) is 5.56 Å². The molecule has 3 heterocycles. The van der Waals surface area contributed by atoms with Gasteiger partial charge in [-0.2, -0.15) is 0 Å². The van der Waals surface area contributed by atoms with Crippen LogP contribution in [0.25, 0.3) is 10.9 Å². The minimum atomic E-state index is -0.442. The van der Waals surface area contributed by atoms with Crippen molar-refractivity contribution in [3.63, 3.8) is 0 Å². The molecule has 158 valence electrons. The first-order valence-electron chi connectivity index (χ1n) is 11.1. The van der Waals surface area contributed by atoms with E-state index in [-0.39, 0.29) is 30.4 Å². The molecular formula is C25H24BrN3O2. The summed E-state index contributed by atoms with van der Waals surface area (Å²) in [6.45, 7) is 0.197. The zero-order chi connectivity index (χ0) is 21.1. The van der Waals surface area contributed by atoms with Crippen LogP contribution in [0.15, 0.2) is 53.0 Å². The summed E-state index contributed by atoms with van der Waals surface area (Å²) < 4.78 is 0.994. The zero-order valence-corrected chi connectivity index (χ0v) is 18.8. The van der Waals surface area contributed by atoms with Crippen molar-refractivity contribution in [1.82, 2.24) is 14.8 Å². The van der Waals surface area contributed by atoms with Crippen molar-refractivity contribution >= 4 is 38.6 Å². The lowest BCUT2D eigenvalue weighted by molar-refractivity contribution is -0.160. The number of rotatable bonds is 2. The quantitative estimate of drug-likeness (QED) is 0.588. The first-order chi connectivity index (χ1) is 15.1. The molecule has 0 unspecified atom stereocenters. The molecule has 31 heavy (non-hydrogen) atoms. The fraction of sp³-hybridized carbons (Fsp3) is 0.360. The van der Waals surface area contributed by atoms with Crippen molar-refractivity contribution in [1.29, 1.82) is 0 Å². The van der Waals surface area contributed by atoms with Gasteiger partial charge in [-0.25, -0.2) is 0 Å². The number of nitrogens with one attached hydrogen (secondary N) is 1. The van der Waals surface area contributed by atoms with Crippen molar-refractivity contribution in [2.45, 2.75) is 50.2 Å². The third kappa shape index (κ3) is 2.95. The van der Waals surface area contributed by atoms with Crippen LogP contribution in [-0.4, -0.2) is 45.2 Å². The Morgan fingerprint density at radius 2 is 1.71 bits per heavy atom. The van der Waals surface area contributed by atoms with Crippen LogP contribution < -0.4 is 0 Å². The highest BCUT2D eigenvalue weighted by Gasteiger charge is 2.49. The monoisotopic (exact) mass is 477 g/mol. The van der Waals surface area contributed by atoms with Crippen LogP contribution in [0.1, 0.15) is 48.5 Å². The van der Waals surface area contributed by atoms with Gasteiger partial charge in [0.15, 0.2) is 0 Å². The lowest BCUT2D eigenvalue weighted by Gasteiger charge is -2.48. The largest absolute Gasteiger partial charge is 0.356 e. The van der Waals surface area contributed by atoms with Crippen LogP contribution in [0.4, 0.5) is 0 Å². The van der Waals surface area contributed by atoms with Gasteiger partial charge in [0.1, 0.15) is 12.6 Å². The Bertz CT molecular complexity index is 1180. The van der Waals surface area contributed by atoms with Gasteiger partial charge in [-0.05, 0) is 42.2 Å². The smallest absolute Gasteiger partial charge is 0.246 e. The zero-order valence-electron chi connectivity index (χ0n) is 17.2. The fourth-order valence-electron chi connectivity index (χ4n) is 5.80. The lowest BCUT2D eigenvalue weighted by atomic mass is 9.86. The Labute approximate surface area is 189 Å². The second-order valence-electron chi connectivity index (χ2n) is 8.94. The normalized spacial score (nSPS) is 24.0. The molecule has 2 atom stereocenters. The predicted molar refractivity (Wildman–Crippen MR) is 123 cm³/mol. The maximum atomic E-state index is 13.7. The van der Waals surface area contributed by atoms with Crippen molar-refractivity contribution < 1.29 is 9.59 Å². The Morgan fingerprint density at radius 1 is 0.968 bits per heavy atom.